The highest BCUT2D eigenvalue weighted by atomic mass is 79.9. The van der Waals surface area contributed by atoms with E-state index in [4.69, 9.17) is 4.74 Å². The van der Waals surface area contributed by atoms with Gasteiger partial charge in [0.05, 0.1) is 6.61 Å². The summed E-state index contributed by atoms with van der Waals surface area (Å²) in [6, 6.07) is 0.455. The normalized spacial score (nSPS) is 23.6. The van der Waals surface area contributed by atoms with Crippen molar-refractivity contribution in [3.8, 4) is 0 Å². The zero-order valence-electron chi connectivity index (χ0n) is 10.9. The molecule has 0 amide bonds. The molecule has 2 rings (SSSR count). The first-order chi connectivity index (χ1) is 8.50. The van der Waals surface area contributed by atoms with E-state index in [-0.39, 0.29) is 6.10 Å². The fraction of sp³-hybridized carbons (Fsp3) is 0.818. The summed E-state index contributed by atoms with van der Waals surface area (Å²) in [7, 11) is 1.76. The van der Waals surface area contributed by atoms with Crippen LogP contribution in [0.3, 0.4) is 0 Å². The Morgan fingerprint density at radius 2 is 2.22 bits per heavy atom. The molecular weight excluding hydrogens is 300 g/mol. The minimum Gasteiger partial charge on any atom is -0.384 e. The van der Waals surface area contributed by atoms with Crippen molar-refractivity contribution in [1.29, 1.82) is 0 Å². The monoisotopic (exact) mass is 318 g/mol. The van der Waals surface area contributed by atoms with Crippen molar-refractivity contribution in [3.63, 3.8) is 0 Å². The van der Waals surface area contributed by atoms with Crippen LogP contribution in [0.1, 0.15) is 25.6 Å². The maximum atomic E-state index is 10.4. The Hall–Kier alpha value is -0.500. The van der Waals surface area contributed by atoms with Crippen LogP contribution in [0, 0.1) is 0 Å². The van der Waals surface area contributed by atoms with Gasteiger partial charge in [-0.2, -0.15) is 0 Å². The molecule has 1 aromatic heterocycles. The predicted molar refractivity (Wildman–Crippen MR) is 70.1 cm³/mol. The van der Waals surface area contributed by atoms with E-state index in [0.29, 0.717) is 22.9 Å². The van der Waals surface area contributed by atoms with E-state index in [1.54, 1.807) is 11.7 Å². The lowest BCUT2D eigenvalue weighted by molar-refractivity contribution is -0.0983. The molecule has 1 N–H and O–H groups in total. The number of halogens is 1. The summed E-state index contributed by atoms with van der Waals surface area (Å²) in [6.07, 6.45) is -0.962. The van der Waals surface area contributed by atoms with Gasteiger partial charge < -0.3 is 9.84 Å². The summed E-state index contributed by atoms with van der Waals surface area (Å²) in [5.74, 6) is 0. The lowest BCUT2D eigenvalue weighted by Gasteiger charge is -2.37. The summed E-state index contributed by atoms with van der Waals surface area (Å²) in [4.78, 5) is 2.30. The van der Waals surface area contributed by atoms with Crippen molar-refractivity contribution >= 4 is 15.9 Å². The number of ether oxygens (including phenoxy) is 1. The largest absolute Gasteiger partial charge is 0.384 e. The maximum Gasteiger partial charge on any atom is 0.154 e. The van der Waals surface area contributed by atoms with Gasteiger partial charge in [-0.05, 0) is 29.8 Å². The van der Waals surface area contributed by atoms with Gasteiger partial charge in [-0.3, -0.25) is 4.90 Å². The molecule has 1 aromatic rings. The number of aliphatic hydroxyl groups excluding tert-OH is 1. The molecule has 0 bridgehead atoms. The van der Waals surface area contributed by atoms with E-state index in [0.717, 1.165) is 13.1 Å². The third-order valence-electron chi connectivity index (χ3n) is 3.31. The molecule has 2 unspecified atom stereocenters. The second-order valence-corrected chi connectivity index (χ2v) is 5.58. The van der Waals surface area contributed by atoms with Crippen LogP contribution in [-0.4, -0.2) is 56.8 Å². The fourth-order valence-corrected chi connectivity index (χ4v) is 2.75. The van der Waals surface area contributed by atoms with Gasteiger partial charge in [0.2, 0.25) is 0 Å². The third kappa shape index (κ3) is 2.74. The van der Waals surface area contributed by atoms with E-state index >= 15 is 0 Å². The molecule has 2 atom stereocenters. The molecule has 1 fully saturated rings. The quantitative estimate of drug-likeness (QED) is 0.889. The Balaban J connectivity index is 2.11. The molecule has 6 nitrogen and oxygen atoms in total. The van der Waals surface area contributed by atoms with Crippen molar-refractivity contribution in [2.75, 3.05) is 19.7 Å². The van der Waals surface area contributed by atoms with Crippen LogP contribution in [0.4, 0.5) is 0 Å². The van der Waals surface area contributed by atoms with Crippen molar-refractivity contribution in [2.45, 2.75) is 32.1 Å². The second kappa shape index (κ2) is 5.64. The van der Waals surface area contributed by atoms with Crippen LogP contribution in [0.15, 0.2) is 4.60 Å². The number of morpholine rings is 1. The molecule has 0 saturated carbocycles. The van der Waals surface area contributed by atoms with Gasteiger partial charge in [0, 0.05) is 26.2 Å². The Labute approximate surface area is 115 Å². The highest BCUT2D eigenvalue weighted by Crippen LogP contribution is 2.26. The smallest absolute Gasteiger partial charge is 0.154 e. The second-order valence-electron chi connectivity index (χ2n) is 4.83. The lowest BCUT2D eigenvalue weighted by Crippen LogP contribution is -2.48. The van der Waals surface area contributed by atoms with E-state index in [1.807, 2.05) is 0 Å². The minimum atomic E-state index is -0.721. The fourth-order valence-electron chi connectivity index (χ4n) is 2.19. The number of aryl methyl sites for hydroxylation is 1. The molecule has 1 aliphatic rings. The number of nitrogens with zero attached hydrogens (tertiary/aromatic N) is 4. The average molecular weight is 319 g/mol. The molecule has 18 heavy (non-hydrogen) atoms. The molecule has 0 aromatic carbocycles. The highest BCUT2D eigenvalue weighted by Gasteiger charge is 2.32. The summed E-state index contributed by atoms with van der Waals surface area (Å²) < 4.78 is 7.82. The van der Waals surface area contributed by atoms with Crippen LogP contribution < -0.4 is 0 Å². The Morgan fingerprint density at radius 1 is 1.50 bits per heavy atom. The topological polar surface area (TPSA) is 63.4 Å². The van der Waals surface area contributed by atoms with Gasteiger partial charge in [-0.25, -0.2) is 4.68 Å². The molecular formula is C11H19BrN4O2. The molecule has 0 spiro atoms. The Morgan fingerprint density at radius 3 is 2.78 bits per heavy atom. The van der Waals surface area contributed by atoms with Crippen molar-refractivity contribution in [2.24, 2.45) is 7.05 Å². The first kappa shape index (κ1) is 13.9. The van der Waals surface area contributed by atoms with Gasteiger partial charge >= 0.3 is 0 Å². The molecule has 2 heterocycles. The van der Waals surface area contributed by atoms with Crippen LogP contribution >= 0.6 is 15.9 Å². The van der Waals surface area contributed by atoms with Gasteiger partial charge in [0.25, 0.3) is 0 Å². The van der Waals surface area contributed by atoms with Crippen LogP contribution in [0.25, 0.3) is 0 Å². The molecule has 1 saturated heterocycles. The van der Waals surface area contributed by atoms with Crippen molar-refractivity contribution < 1.29 is 9.84 Å². The average Bonchev–Trinajstić information content (AvgIpc) is 2.68. The summed E-state index contributed by atoms with van der Waals surface area (Å²) >= 11 is 3.30. The van der Waals surface area contributed by atoms with Crippen LogP contribution in [0.2, 0.25) is 0 Å². The van der Waals surface area contributed by atoms with Crippen molar-refractivity contribution in [1.82, 2.24) is 19.9 Å². The van der Waals surface area contributed by atoms with E-state index in [9.17, 15) is 5.11 Å². The van der Waals surface area contributed by atoms with E-state index in [2.05, 4.69) is 45.0 Å². The number of rotatable bonds is 3. The Kier molecular flexibility index (Phi) is 4.37. The molecule has 102 valence electrons. The summed E-state index contributed by atoms with van der Waals surface area (Å²) in [6.45, 7) is 6.57. The lowest BCUT2D eigenvalue weighted by atomic mass is 10.1. The third-order valence-corrected chi connectivity index (χ3v) is 3.88. The zero-order chi connectivity index (χ0) is 13.3. The van der Waals surface area contributed by atoms with E-state index < -0.39 is 6.10 Å². The predicted octanol–water partition coefficient (Wildman–Crippen LogP) is 0.720. The number of aliphatic hydroxyl groups is 1. The van der Waals surface area contributed by atoms with Gasteiger partial charge in [-0.15, -0.1) is 5.10 Å². The van der Waals surface area contributed by atoms with Gasteiger partial charge in [0.1, 0.15) is 17.9 Å². The maximum absolute atomic E-state index is 10.4. The molecule has 1 aliphatic heterocycles. The van der Waals surface area contributed by atoms with Crippen LogP contribution in [-0.2, 0) is 11.8 Å². The molecule has 0 aliphatic carbocycles. The molecule has 0 radical (unpaired) electrons. The summed E-state index contributed by atoms with van der Waals surface area (Å²) in [5, 5.41) is 18.2. The SMILES string of the molecule is CC(C)N1CCOC(C(O)c2c(Br)nnn2C)C1. The molecule has 7 heteroatoms. The highest BCUT2D eigenvalue weighted by molar-refractivity contribution is 9.10. The van der Waals surface area contributed by atoms with Gasteiger partial charge in [-0.1, -0.05) is 5.21 Å². The van der Waals surface area contributed by atoms with Crippen molar-refractivity contribution in [3.05, 3.63) is 10.3 Å². The van der Waals surface area contributed by atoms with Gasteiger partial charge in [0.15, 0.2) is 4.60 Å². The number of hydrogen-bond acceptors (Lipinski definition) is 5. The minimum absolute atomic E-state index is 0.241. The Bertz CT molecular complexity index is 390. The van der Waals surface area contributed by atoms with E-state index in [1.165, 1.54) is 0 Å². The van der Waals surface area contributed by atoms with Crippen LogP contribution in [0.5, 0.6) is 0 Å². The zero-order valence-corrected chi connectivity index (χ0v) is 12.5. The first-order valence-corrected chi connectivity index (χ1v) is 6.88. The number of aromatic nitrogens is 3. The summed E-state index contributed by atoms with van der Waals surface area (Å²) in [5.41, 5.74) is 0.658. The first-order valence-electron chi connectivity index (χ1n) is 6.09. The standard InChI is InChI=1S/C11H19BrN4O2/c1-7(2)16-4-5-18-8(6-16)10(17)9-11(12)13-14-15(9)3/h7-8,10,17H,4-6H2,1-3H3. The number of hydrogen-bond donors (Lipinski definition) is 1.